The van der Waals surface area contributed by atoms with Gasteiger partial charge in [0.15, 0.2) is 0 Å². The van der Waals surface area contributed by atoms with E-state index in [9.17, 15) is 9.18 Å². The van der Waals surface area contributed by atoms with Crippen molar-refractivity contribution < 1.29 is 13.9 Å². The average molecular weight is 404 g/mol. The Balaban J connectivity index is 1.42. The third kappa shape index (κ3) is 4.36. The standard InChI is InChI=1S/C25H25FN2O2/c1-30-25(29)20-11-12-24(23(26)17-20)28-15-13-27(14-16-28)18-21-9-5-6-10-22(21)19-7-3-2-4-8-19/h2-12,17H,13-16,18H2,1H3. The molecule has 3 aromatic rings. The number of anilines is 1. The molecule has 0 radical (unpaired) electrons. The molecule has 0 saturated carbocycles. The predicted molar refractivity (Wildman–Crippen MR) is 117 cm³/mol. The van der Waals surface area contributed by atoms with Crippen molar-refractivity contribution in [3.8, 4) is 11.1 Å². The van der Waals surface area contributed by atoms with Gasteiger partial charge in [0.25, 0.3) is 0 Å². The predicted octanol–water partition coefficient (Wildman–Crippen LogP) is 4.60. The van der Waals surface area contributed by atoms with Crippen LogP contribution in [0.5, 0.6) is 0 Å². The number of benzene rings is 3. The van der Waals surface area contributed by atoms with E-state index in [0.29, 0.717) is 5.69 Å². The Morgan fingerprint density at radius 1 is 0.933 bits per heavy atom. The van der Waals surface area contributed by atoms with Crippen molar-refractivity contribution in [2.75, 3.05) is 38.2 Å². The molecule has 1 aliphatic rings. The molecule has 1 saturated heterocycles. The normalized spacial score (nSPS) is 14.5. The van der Waals surface area contributed by atoms with Crippen LogP contribution in [-0.4, -0.2) is 44.2 Å². The number of nitrogens with zero attached hydrogens (tertiary/aromatic N) is 2. The molecule has 30 heavy (non-hydrogen) atoms. The van der Waals surface area contributed by atoms with Gasteiger partial charge in [0.2, 0.25) is 0 Å². The molecule has 0 unspecified atom stereocenters. The zero-order valence-electron chi connectivity index (χ0n) is 17.1. The van der Waals surface area contributed by atoms with E-state index in [1.54, 1.807) is 12.1 Å². The molecule has 0 aromatic heterocycles. The average Bonchev–Trinajstić information content (AvgIpc) is 2.80. The van der Waals surface area contributed by atoms with E-state index in [4.69, 9.17) is 0 Å². The van der Waals surface area contributed by atoms with Crippen LogP contribution in [-0.2, 0) is 11.3 Å². The van der Waals surface area contributed by atoms with Crippen molar-refractivity contribution in [1.29, 1.82) is 0 Å². The van der Waals surface area contributed by atoms with Gasteiger partial charge in [0.05, 0.1) is 18.4 Å². The van der Waals surface area contributed by atoms with Crippen LogP contribution in [0.25, 0.3) is 11.1 Å². The number of hydrogen-bond acceptors (Lipinski definition) is 4. The van der Waals surface area contributed by atoms with Gasteiger partial charge in [0.1, 0.15) is 5.82 Å². The highest BCUT2D eigenvalue weighted by molar-refractivity contribution is 5.89. The Bertz CT molecular complexity index is 1010. The summed E-state index contributed by atoms with van der Waals surface area (Å²) in [5.41, 5.74) is 4.54. The number of carbonyl (C=O) groups is 1. The van der Waals surface area contributed by atoms with E-state index in [1.807, 2.05) is 11.0 Å². The smallest absolute Gasteiger partial charge is 0.337 e. The molecule has 0 spiro atoms. The second-order valence-electron chi connectivity index (χ2n) is 7.44. The van der Waals surface area contributed by atoms with Gasteiger partial charge in [-0.2, -0.15) is 0 Å². The van der Waals surface area contributed by atoms with Crippen molar-refractivity contribution in [3.05, 3.63) is 89.7 Å². The van der Waals surface area contributed by atoms with Gasteiger partial charge in [-0.1, -0.05) is 54.6 Å². The molecule has 1 heterocycles. The molecule has 4 rings (SSSR count). The first-order chi connectivity index (χ1) is 14.7. The molecule has 3 aromatic carbocycles. The molecule has 1 aliphatic heterocycles. The fraction of sp³-hybridized carbons (Fsp3) is 0.240. The molecule has 154 valence electrons. The lowest BCUT2D eigenvalue weighted by Crippen LogP contribution is -2.46. The van der Waals surface area contributed by atoms with Crippen LogP contribution in [0.3, 0.4) is 0 Å². The molecule has 0 amide bonds. The fourth-order valence-corrected chi connectivity index (χ4v) is 3.95. The maximum Gasteiger partial charge on any atom is 0.337 e. The Morgan fingerprint density at radius 2 is 1.63 bits per heavy atom. The van der Waals surface area contributed by atoms with E-state index >= 15 is 0 Å². The number of methoxy groups -OCH3 is 1. The molecule has 0 N–H and O–H groups in total. The number of hydrogen-bond donors (Lipinski definition) is 0. The van der Waals surface area contributed by atoms with Crippen LogP contribution in [0, 0.1) is 5.82 Å². The highest BCUT2D eigenvalue weighted by atomic mass is 19.1. The summed E-state index contributed by atoms with van der Waals surface area (Å²) in [7, 11) is 1.29. The van der Waals surface area contributed by atoms with E-state index in [-0.39, 0.29) is 11.4 Å². The van der Waals surface area contributed by atoms with E-state index in [1.165, 1.54) is 29.9 Å². The fourth-order valence-electron chi connectivity index (χ4n) is 3.95. The molecule has 1 fully saturated rings. The molecule has 0 atom stereocenters. The number of carbonyl (C=O) groups excluding carboxylic acids is 1. The highest BCUT2D eigenvalue weighted by Crippen LogP contribution is 2.26. The van der Waals surface area contributed by atoms with Crippen molar-refractivity contribution in [1.82, 2.24) is 4.90 Å². The highest BCUT2D eigenvalue weighted by Gasteiger charge is 2.21. The lowest BCUT2D eigenvalue weighted by Gasteiger charge is -2.36. The topological polar surface area (TPSA) is 32.8 Å². The van der Waals surface area contributed by atoms with Crippen molar-refractivity contribution in [3.63, 3.8) is 0 Å². The monoisotopic (exact) mass is 404 g/mol. The van der Waals surface area contributed by atoms with Gasteiger partial charge >= 0.3 is 5.97 Å². The maximum absolute atomic E-state index is 14.6. The lowest BCUT2D eigenvalue weighted by atomic mass is 9.99. The van der Waals surface area contributed by atoms with Crippen molar-refractivity contribution >= 4 is 11.7 Å². The van der Waals surface area contributed by atoms with E-state index in [2.05, 4.69) is 58.2 Å². The molecule has 4 nitrogen and oxygen atoms in total. The third-order valence-corrected chi connectivity index (χ3v) is 5.58. The van der Waals surface area contributed by atoms with Gasteiger partial charge in [-0.15, -0.1) is 0 Å². The largest absolute Gasteiger partial charge is 0.465 e. The van der Waals surface area contributed by atoms with Crippen molar-refractivity contribution in [2.45, 2.75) is 6.54 Å². The van der Waals surface area contributed by atoms with Gasteiger partial charge in [-0.25, -0.2) is 9.18 Å². The first-order valence-electron chi connectivity index (χ1n) is 10.1. The van der Waals surface area contributed by atoms with Gasteiger partial charge in [-0.3, -0.25) is 4.90 Å². The first kappa shape index (κ1) is 20.1. The SMILES string of the molecule is COC(=O)c1ccc(N2CCN(Cc3ccccc3-c3ccccc3)CC2)c(F)c1. The molecular weight excluding hydrogens is 379 g/mol. The van der Waals surface area contributed by atoms with Crippen LogP contribution < -0.4 is 4.90 Å². The van der Waals surface area contributed by atoms with Crippen LogP contribution in [0.15, 0.2) is 72.8 Å². The summed E-state index contributed by atoms with van der Waals surface area (Å²) in [4.78, 5) is 16.0. The summed E-state index contributed by atoms with van der Waals surface area (Å²) in [6.07, 6.45) is 0. The van der Waals surface area contributed by atoms with Crippen LogP contribution in [0.2, 0.25) is 0 Å². The third-order valence-electron chi connectivity index (χ3n) is 5.58. The Hall–Kier alpha value is -3.18. The van der Waals surface area contributed by atoms with Crippen LogP contribution >= 0.6 is 0 Å². The van der Waals surface area contributed by atoms with Crippen molar-refractivity contribution in [2.24, 2.45) is 0 Å². The lowest BCUT2D eigenvalue weighted by molar-refractivity contribution is 0.0600. The molecule has 0 aliphatic carbocycles. The van der Waals surface area contributed by atoms with Gasteiger partial charge in [-0.05, 0) is 34.9 Å². The van der Waals surface area contributed by atoms with Crippen LogP contribution in [0.1, 0.15) is 15.9 Å². The summed E-state index contributed by atoms with van der Waals surface area (Å²) in [5, 5.41) is 0. The second-order valence-corrected chi connectivity index (χ2v) is 7.44. The van der Waals surface area contributed by atoms with Crippen LogP contribution in [0.4, 0.5) is 10.1 Å². The zero-order chi connectivity index (χ0) is 20.9. The number of rotatable bonds is 5. The summed E-state index contributed by atoms with van der Waals surface area (Å²) >= 11 is 0. The molecular formula is C25H25FN2O2. The van der Waals surface area contributed by atoms with Gasteiger partial charge in [0, 0.05) is 32.7 Å². The second kappa shape index (κ2) is 9.09. The first-order valence-corrected chi connectivity index (χ1v) is 10.1. The summed E-state index contributed by atoms with van der Waals surface area (Å²) in [6, 6.07) is 23.5. The minimum absolute atomic E-state index is 0.231. The Morgan fingerprint density at radius 3 is 2.33 bits per heavy atom. The quantitative estimate of drug-likeness (QED) is 0.582. The van der Waals surface area contributed by atoms with E-state index in [0.717, 1.165) is 32.7 Å². The number of piperazine rings is 1. The number of ether oxygens (including phenoxy) is 1. The summed E-state index contributed by atoms with van der Waals surface area (Å²) in [5.74, 6) is -0.914. The number of esters is 1. The number of halogens is 1. The minimum atomic E-state index is -0.526. The maximum atomic E-state index is 14.6. The molecule has 5 heteroatoms. The summed E-state index contributed by atoms with van der Waals surface area (Å²) < 4.78 is 19.2. The van der Waals surface area contributed by atoms with E-state index < -0.39 is 5.97 Å². The Labute approximate surface area is 176 Å². The zero-order valence-corrected chi connectivity index (χ0v) is 17.1. The molecule has 0 bridgehead atoms. The summed E-state index contributed by atoms with van der Waals surface area (Å²) in [6.45, 7) is 4.04. The van der Waals surface area contributed by atoms with Gasteiger partial charge < -0.3 is 9.64 Å². The Kier molecular flexibility index (Phi) is 6.10. The minimum Gasteiger partial charge on any atom is -0.465 e.